The van der Waals surface area contributed by atoms with Gasteiger partial charge in [-0.05, 0) is 42.8 Å². The fourth-order valence-electron chi connectivity index (χ4n) is 4.17. The van der Waals surface area contributed by atoms with Crippen molar-refractivity contribution in [1.29, 1.82) is 0 Å². The van der Waals surface area contributed by atoms with Crippen LogP contribution in [0.1, 0.15) is 17.3 Å². The molecular formula is C25H20ClF2N5O2. The molecule has 2 aromatic carbocycles. The minimum Gasteiger partial charge on any atom is -0.495 e. The Morgan fingerprint density at radius 2 is 1.83 bits per heavy atom. The maximum absolute atomic E-state index is 13.9. The standard InChI is InChI=1S/C25H20ClF2N5O2/c1-14-10-32(13-29-14)21-4-3-15(7-23(21)35-2)24-20-8-17(26)11-33(25(20)31-30-24)22(12-34)16-5-18(27)9-19(28)6-16/h3-11,13,22,34H,12H2,1-2H3/t22-/m0/s1. The van der Waals surface area contributed by atoms with E-state index in [-0.39, 0.29) is 5.56 Å². The van der Waals surface area contributed by atoms with E-state index in [4.69, 9.17) is 16.3 Å². The molecule has 0 radical (unpaired) electrons. The zero-order chi connectivity index (χ0) is 24.7. The van der Waals surface area contributed by atoms with Crippen molar-refractivity contribution in [3.05, 3.63) is 89.1 Å². The second-order valence-corrected chi connectivity index (χ2v) is 8.50. The van der Waals surface area contributed by atoms with Crippen molar-refractivity contribution < 1.29 is 18.6 Å². The van der Waals surface area contributed by atoms with Gasteiger partial charge in [0.05, 0.1) is 42.5 Å². The number of aromatic nitrogens is 5. The summed E-state index contributed by atoms with van der Waals surface area (Å²) in [5.41, 5.74) is 3.81. The maximum Gasteiger partial charge on any atom is 0.165 e. The lowest BCUT2D eigenvalue weighted by Gasteiger charge is -2.22. The first-order valence-corrected chi connectivity index (χ1v) is 11.1. The molecule has 0 saturated heterocycles. The molecule has 178 valence electrons. The summed E-state index contributed by atoms with van der Waals surface area (Å²) >= 11 is 6.42. The van der Waals surface area contributed by atoms with Gasteiger partial charge in [-0.2, -0.15) is 0 Å². The van der Waals surface area contributed by atoms with Crippen LogP contribution in [0.5, 0.6) is 5.75 Å². The summed E-state index contributed by atoms with van der Waals surface area (Å²) in [6.07, 6.45) is 5.15. The number of imidazole rings is 1. The second-order valence-electron chi connectivity index (χ2n) is 8.06. The van der Waals surface area contributed by atoms with Gasteiger partial charge < -0.3 is 19.0 Å². The fourth-order valence-corrected chi connectivity index (χ4v) is 4.38. The molecular weight excluding hydrogens is 476 g/mol. The molecule has 3 heterocycles. The number of rotatable bonds is 6. The Morgan fingerprint density at radius 1 is 1.06 bits per heavy atom. The molecule has 0 saturated carbocycles. The largest absolute Gasteiger partial charge is 0.495 e. The lowest BCUT2D eigenvalue weighted by molar-refractivity contribution is 0.249. The molecule has 1 N–H and O–H groups in total. The number of nitrogens with zero attached hydrogens (tertiary/aromatic N) is 5. The van der Waals surface area contributed by atoms with Gasteiger partial charge >= 0.3 is 0 Å². The van der Waals surface area contributed by atoms with Gasteiger partial charge in [-0.1, -0.05) is 17.7 Å². The van der Waals surface area contributed by atoms with E-state index in [1.807, 2.05) is 35.9 Å². The summed E-state index contributed by atoms with van der Waals surface area (Å²) in [6, 6.07) is 9.61. The van der Waals surface area contributed by atoms with Gasteiger partial charge in [-0.3, -0.25) is 0 Å². The normalized spacial score (nSPS) is 12.3. The Bertz CT molecular complexity index is 1480. The average Bonchev–Trinajstić information content (AvgIpc) is 3.44. The zero-order valence-corrected chi connectivity index (χ0v) is 19.5. The van der Waals surface area contributed by atoms with Crippen LogP contribution in [0, 0.1) is 18.6 Å². The first-order chi connectivity index (χ1) is 16.9. The van der Waals surface area contributed by atoms with Crippen molar-refractivity contribution in [2.45, 2.75) is 13.0 Å². The van der Waals surface area contributed by atoms with Crippen LogP contribution in [0.25, 0.3) is 28.3 Å². The van der Waals surface area contributed by atoms with Crippen LogP contribution in [0.2, 0.25) is 5.02 Å². The van der Waals surface area contributed by atoms with Crippen LogP contribution in [-0.2, 0) is 0 Å². The van der Waals surface area contributed by atoms with E-state index in [1.165, 1.54) is 12.1 Å². The highest BCUT2D eigenvalue weighted by atomic mass is 35.5. The number of pyridine rings is 1. The van der Waals surface area contributed by atoms with Gasteiger partial charge in [0.2, 0.25) is 0 Å². The highest BCUT2D eigenvalue weighted by Crippen LogP contribution is 2.38. The summed E-state index contributed by atoms with van der Waals surface area (Å²) in [7, 11) is 1.58. The number of aliphatic hydroxyl groups is 1. The first kappa shape index (κ1) is 22.9. The number of hydrogen-bond donors (Lipinski definition) is 1. The fraction of sp³-hybridized carbons (Fsp3) is 0.160. The minimum absolute atomic E-state index is 0.241. The topological polar surface area (TPSA) is 78.0 Å². The predicted molar refractivity (Wildman–Crippen MR) is 127 cm³/mol. The van der Waals surface area contributed by atoms with Gasteiger partial charge in [0, 0.05) is 29.6 Å². The molecule has 0 aliphatic carbocycles. The molecule has 35 heavy (non-hydrogen) atoms. The van der Waals surface area contributed by atoms with E-state index in [0.29, 0.717) is 27.9 Å². The van der Waals surface area contributed by atoms with Crippen LogP contribution in [0.4, 0.5) is 8.78 Å². The summed E-state index contributed by atoms with van der Waals surface area (Å²) in [6.45, 7) is 1.47. The molecule has 3 aromatic rings. The Labute approximate surface area is 204 Å². The third-order valence-electron chi connectivity index (χ3n) is 5.75. The quantitative estimate of drug-likeness (QED) is 0.356. The predicted octanol–water partition coefficient (Wildman–Crippen LogP) is 5.07. The van der Waals surface area contributed by atoms with Gasteiger partial charge in [-0.15, -0.1) is 10.2 Å². The van der Waals surface area contributed by atoms with E-state index in [1.54, 1.807) is 30.3 Å². The third kappa shape index (κ3) is 4.24. The monoisotopic (exact) mass is 495 g/mol. The van der Waals surface area contributed by atoms with Crippen molar-refractivity contribution >= 4 is 11.6 Å². The second kappa shape index (κ2) is 9.09. The Kier molecular flexibility index (Phi) is 5.96. The van der Waals surface area contributed by atoms with Crippen molar-refractivity contribution in [3.8, 4) is 34.1 Å². The Morgan fingerprint density at radius 3 is 2.49 bits per heavy atom. The lowest BCUT2D eigenvalue weighted by atomic mass is 10.0. The number of benzene rings is 2. The van der Waals surface area contributed by atoms with Crippen molar-refractivity contribution in [3.63, 3.8) is 0 Å². The van der Waals surface area contributed by atoms with Crippen molar-refractivity contribution in [2.75, 3.05) is 13.7 Å². The highest BCUT2D eigenvalue weighted by molar-refractivity contribution is 6.30. The van der Waals surface area contributed by atoms with Gasteiger partial charge in [-0.25, -0.2) is 13.8 Å². The molecule has 0 amide bonds. The molecule has 0 spiro atoms. The minimum atomic E-state index is -0.827. The van der Waals surface area contributed by atoms with Crippen LogP contribution in [-0.4, -0.2) is 43.1 Å². The van der Waals surface area contributed by atoms with Crippen molar-refractivity contribution in [2.24, 2.45) is 0 Å². The highest BCUT2D eigenvalue weighted by Gasteiger charge is 2.25. The van der Waals surface area contributed by atoms with Gasteiger partial charge in [0.25, 0.3) is 0 Å². The average molecular weight is 496 g/mol. The molecule has 0 fully saturated rings. The van der Waals surface area contributed by atoms with E-state index >= 15 is 0 Å². The Balaban J connectivity index is 1.59. The smallest absolute Gasteiger partial charge is 0.165 e. The SMILES string of the molecule is COc1cc(-c2nnc3n([C@@H](CO)c4cc(F)cc(F)c4)cc(Cl)cc2-3)ccc1-n1cnc(C)c1. The number of aliphatic hydroxyl groups excluding tert-OH is 1. The molecule has 0 bridgehead atoms. The van der Waals surface area contributed by atoms with Crippen LogP contribution < -0.4 is 4.74 Å². The maximum atomic E-state index is 13.9. The summed E-state index contributed by atoms with van der Waals surface area (Å²) in [5, 5.41) is 19.1. The third-order valence-corrected chi connectivity index (χ3v) is 5.96. The van der Waals surface area contributed by atoms with Gasteiger partial charge in [0.1, 0.15) is 23.1 Å². The molecule has 7 nitrogen and oxygen atoms in total. The molecule has 2 aliphatic rings. The van der Waals surface area contributed by atoms with Crippen LogP contribution >= 0.6 is 11.6 Å². The van der Waals surface area contributed by atoms with E-state index in [0.717, 1.165) is 23.0 Å². The number of methoxy groups -OCH3 is 1. The van der Waals surface area contributed by atoms with Crippen LogP contribution in [0.15, 0.2) is 61.2 Å². The zero-order valence-electron chi connectivity index (χ0n) is 18.8. The first-order valence-electron chi connectivity index (χ1n) is 10.7. The number of halogens is 3. The summed E-state index contributed by atoms with van der Waals surface area (Å²) < 4.78 is 36.8. The van der Waals surface area contributed by atoms with Crippen LogP contribution in [0.3, 0.4) is 0 Å². The van der Waals surface area contributed by atoms with E-state index in [2.05, 4.69) is 15.2 Å². The number of aryl methyl sites for hydroxylation is 1. The number of hydrogen-bond acceptors (Lipinski definition) is 5. The summed E-state index contributed by atoms with van der Waals surface area (Å²) in [4.78, 5) is 4.26. The molecule has 10 heteroatoms. The Hall–Kier alpha value is -3.82. The van der Waals surface area contributed by atoms with E-state index < -0.39 is 24.3 Å². The summed E-state index contributed by atoms with van der Waals surface area (Å²) in [5.74, 6) is -0.477. The molecule has 1 atom stereocenters. The number of fused-ring (bicyclic) bond motifs is 1. The van der Waals surface area contributed by atoms with E-state index in [9.17, 15) is 13.9 Å². The molecule has 5 rings (SSSR count). The molecule has 0 unspecified atom stereocenters. The lowest BCUT2D eigenvalue weighted by Crippen LogP contribution is -2.18. The van der Waals surface area contributed by atoms with Gasteiger partial charge in [0.15, 0.2) is 5.82 Å². The number of ether oxygens (including phenoxy) is 1. The van der Waals surface area contributed by atoms with Crippen molar-refractivity contribution in [1.82, 2.24) is 24.3 Å². The molecule has 1 aromatic heterocycles. The molecule has 2 aliphatic heterocycles.